The number of nitrogens with one attached hydrogen (secondary N) is 2. The fraction of sp³-hybridized carbons (Fsp3) is 0.429. The first-order valence-corrected chi connectivity index (χ1v) is 10.6. The molecule has 2 fully saturated rings. The Morgan fingerprint density at radius 1 is 0.969 bits per heavy atom. The van der Waals surface area contributed by atoms with E-state index in [1.807, 2.05) is 0 Å². The van der Waals surface area contributed by atoms with E-state index in [9.17, 15) is 0 Å². The molecule has 0 unspecified atom stereocenters. The number of aromatic nitrogens is 8. The van der Waals surface area contributed by atoms with Gasteiger partial charge in [0.1, 0.15) is 6.33 Å². The van der Waals surface area contributed by atoms with Crippen LogP contribution in [-0.4, -0.2) is 77.4 Å². The first-order valence-electron chi connectivity index (χ1n) is 10.6. The van der Waals surface area contributed by atoms with Crippen molar-refractivity contribution in [2.24, 2.45) is 5.92 Å². The molecule has 1 aliphatic carbocycles. The van der Waals surface area contributed by atoms with Crippen LogP contribution in [0.1, 0.15) is 20.3 Å². The summed E-state index contributed by atoms with van der Waals surface area (Å²) in [6, 6.07) is 0. The Morgan fingerprint density at radius 2 is 1.78 bits per heavy atom. The summed E-state index contributed by atoms with van der Waals surface area (Å²) in [7, 11) is 0. The minimum absolute atomic E-state index is 0. The number of nitrogens with zero attached hydrogens (tertiary/aromatic N) is 9. The highest BCUT2D eigenvalue weighted by Crippen LogP contribution is 2.30. The molecule has 0 radical (unpaired) electrons. The van der Waals surface area contributed by atoms with Crippen molar-refractivity contribution in [3.05, 3.63) is 37.3 Å². The summed E-state index contributed by atoms with van der Waals surface area (Å²) in [6.07, 6.45) is 13.2. The molecule has 4 aromatic rings. The molecular formula is C21H27N11. The molecule has 32 heavy (non-hydrogen) atoms. The normalized spacial score (nSPS) is 16.8. The summed E-state index contributed by atoms with van der Waals surface area (Å²) in [5.74, 6) is 2.30. The molecule has 4 aromatic heterocycles. The average molecular weight is 434 g/mol. The minimum atomic E-state index is 0. The maximum Gasteiger partial charge on any atom is 0.225 e. The lowest BCUT2D eigenvalue weighted by molar-refractivity contribution is 0.247. The molecule has 0 bridgehead atoms. The number of piperazine rings is 1. The highest BCUT2D eigenvalue weighted by Gasteiger charge is 2.27. The Balaban J connectivity index is 0.00000216. The number of rotatable bonds is 6. The lowest BCUT2D eigenvalue weighted by Gasteiger charge is -2.34. The maximum atomic E-state index is 4.57. The molecule has 5 heterocycles. The van der Waals surface area contributed by atoms with E-state index < -0.39 is 0 Å². The molecular weight excluding hydrogens is 406 g/mol. The Kier molecular flexibility index (Phi) is 5.39. The highest BCUT2D eigenvalue weighted by atomic mass is 15.3. The van der Waals surface area contributed by atoms with Gasteiger partial charge in [-0.3, -0.25) is 10.00 Å². The van der Waals surface area contributed by atoms with Crippen molar-refractivity contribution >= 4 is 23.1 Å². The van der Waals surface area contributed by atoms with Crippen molar-refractivity contribution in [1.82, 2.24) is 44.6 Å². The minimum Gasteiger partial charge on any atom is -0.338 e. The van der Waals surface area contributed by atoms with Crippen molar-refractivity contribution in [1.29, 1.82) is 0 Å². The molecule has 166 valence electrons. The molecule has 1 saturated heterocycles. The third kappa shape index (κ3) is 3.98. The van der Waals surface area contributed by atoms with E-state index in [2.05, 4.69) is 50.3 Å². The summed E-state index contributed by atoms with van der Waals surface area (Å²) in [4.78, 5) is 22.8. The molecule has 6 rings (SSSR count). The zero-order valence-electron chi connectivity index (χ0n) is 17.0. The van der Waals surface area contributed by atoms with Gasteiger partial charge in [-0.1, -0.05) is 7.43 Å². The summed E-state index contributed by atoms with van der Waals surface area (Å²) >= 11 is 0. The van der Waals surface area contributed by atoms with Crippen LogP contribution < -0.4 is 10.2 Å². The van der Waals surface area contributed by atoms with Crippen LogP contribution in [0.15, 0.2) is 37.3 Å². The number of hydrogen-bond donors (Lipinski definition) is 2. The molecule has 0 aromatic carbocycles. The van der Waals surface area contributed by atoms with Gasteiger partial charge < -0.3 is 10.2 Å². The molecule has 11 nitrogen and oxygen atoms in total. The quantitative estimate of drug-likeness (QED) is 0.472. The van der Waals surface area contributed by atoms with Crippen LogP contribution in [0.25, 0.3) is 16.9 Å². The molecule has 2 aliphatic rings. The zero-order valence-corrected chi connectivity index (χ0v) is 17.0. The topological polar surface area (TPSA) is 116 Å². The smallest absolute Gasteiger partial charge is 0.225 e. The van der Waals surface area contributed by atoms with Crippen LogP contribution in [-0.2, 0) is 0 Å². The Labute approximate surface area is 185 Å². The predicted molar refractivity (Wildman–Crippen MR) is 122 cm³/mol. The van der Waals surface area contributed by atoms with Crippen molar-refractivity contribution in [2.75, 3.05) is 42.9 Å². The number of anilines is 3. The van der Waals surface area contributed by atoms with Crippen LogP contribution >= 0.6 is 0 Å². The van der Waals surface area contributed by atoms with Gasteiger partial charge in [-0.15, -0.1) is 0 Å². The molecule has 2 N–H and O–H groups in total. The van der Waals surface area contributed by atoms with Crippen molar-refractivity contribution in [3.8, 4) is 11.3 Å². The van der Waals surface area contributed by atoms with Gasteiger partial charge in [-0.2, -0.15) is 10.2 Å². The maximum absolute atomic E-state index is 4.57. The summed E-state index contributed by atoms with van der Waals surface area (Å²) in [5, 5.41) is 14.4. The second-order valence-electron chi connectivity index (χ2n) is 8.10. The Morgan fingerprint density at radius 3 is 2.50 bits per heavy atom. The number of aromatic amines is 1. The first-order chi connectivity index (χ1) is 15.3. The number of H-pyrrole nitrogens is 1. The lowest BCUT2D eigenvalue weighted by atomic mass is 10.3. The predicted octanol–water partition coefficient (Wildman–Crippen LogP) is 2.22. The van der Waals surface area contributed by atoms with Gasteiger partial charge in [-0.25, -0.2) is 24.5 Å². The Bertz CT molecular complexity index is 1160. The molecule has 0 amide bonds. The molecule has 11 heteroatoms. The van der Waals surface area contributed by atoms with Gasteiger partial charge in [0.05, 0.1) is 36.2 Å². The van der Waals surface area contributed by atoms with Crippen molar-refractivity contribution < 1.29 is 0 Å². The molecule has 0 spiro atoms. The third-order valence-electron chi connectivity index (χ3n) is 5.87. The van der Waals surface area contributed by atoms with Gasteiger partial charge >= 0.3 is 0 Å². The van der Waals surface area contributed by atoms with E-state index in [4.69, 9.17) is 0 Å². The summed E-state index contributed by atoms with van der Waals surface area (Å²) in [5.41, 5.74) is 3.07. The summed E-state index contributed by atoms with van der Waals surface area (Å²) in [6.45, 7) is 5.35. The van der Waals surface area contributed by atoms with Crippen molar-refractivity contribution in [2.45, 2.75) is 20.3 Å². The molecule has 1 aliphatic heterocycles. The van der Waals surface area contributed by atoms with Gasteiger partial charge in [0.2, 0.25) is 5.95 Å². The lowest BCUT2D eigenvalue weighted by Crippen LogP contribution is -2.47. The summed E-state index contributed by atoms with van der Waals surface area (Å²) < 4.78 is 1.73. The van der Waals surface area contributed by atoms with Gasteiger partial charge in [0.25, 0.3) is 0 Å². The van der Waals surface area contributed by atoms with E-state index >= 15 is 0 Å². The SMILES string of the molecule is C.c1nc2c(Nc3cnc(N4CCN(CC5CC5)CC4)nc3)ncc(-c3cn[nH]c3)n2n1. The van der Waals surface area contributed by atoms with Crippen LogP contribution in [0.5, 0.6) is 0 Å². The van der Waals surface area contributed by atoms with Gasteiger partial charge in [-0.05, 0) is 18.8 Å². The van der Waals surface area contributed by atoms with Gasteiger partial charge in [0.15, 0.2) is 11.5 Å². The van der Waals surface area contributed by atoms with Crippen molar-refractivity contribution in [3.63, 3.8) is 0 Å². The number of fused-ring (bicyclic) bond motifs is 1. The number of hydrogen-bond acceptors (Lipinski definition) is 9. The second-order valence-corrected chi connectivity index (χ2v) is 8.10. The first kappa shape index (κ1) is 20.3. The van der Waals surface area contributed by atoms with E-state index in [1.54, 1.807) is 35.5 Å². The monoisotopic (exact) mass is 433 g/mol. The molecule has 1 saturated carbocycles. The van der Waals surface area contributed by atoms with E-state index in [0.717, 1.165) is 55.0 Å². The largest absolute Gasteiger partial charge is 0.338 e. The van der Waals surface area contributed by atoms with E-state index in [1.165, 1.54) is 25.7 Å². The second kappa shape index (κ2) is 8.50. The molecule has 0 atom stereocenters. The third-order valence-corrected chi connectivity index (χ3v) is 5.87. The van der Waals surface area contributed by atoms with Gasteiger partial charge in [0, 0.05) is 44.5 Å². The van der Waals surface area contributed by atoms with Crippen LogP contribution in [0.4, 0.5) is 17.5 Å². The Hall–Kier alpha value is -3.60. The highest BCUT2D eigenvalue weighted by molar-refractivity contribution is 5.72. The average Bonchev–Trinajstić information content (AvgIpc) is 3.26. The van der Waals surface area contributed by atoms with Crippen LogP contribution in [0.2, 0.25) is 0 Å². The fourth-order valence-corrected chi connectivity index (χ4v) is 3.98. The fourth-order valence-electron chi connectivity index (χ4n) is 3.98. The standard InChI is InChI=1S/C20H23N11.CH4/c1-2-14(1)12-29-3-5-30(6-4-29)20-22-9-16(10-23-20)28-18-19-24-13-27-31(19)17(11-21-18)15-7-25-26-8-15;/h7-11,13-14H,1-6,12H2,(H,21,28)(H,25,26);1H4. The van der Waals surface area contributed by atoms with E-state index in [-0.39, 0.29) is 7.43 Å². The zero-order chi connectivity index (χ0) is 20.6. The van der Waals surface area contributed by atoms with E-state index in [0.29, 0.717) is 11.5 Å². The van der Waals surface area contributed by atoms with Crippen LogP contribution in [0, 0.1) is 5.92 Å². The van der Waals surface area contributed by atoms with Crippen LogP contribution in [0.3, 0.4) is 0 Å².